The predicted molar refractivity (Wildman–Crippen MR) is 165 cm³/mol. The van der Waals surface area contributed by atoms with E-state index in [-0.39, 0.29) is 39.6 Å². The van der Waals surface area contributed by atoms with Gasteiger partial charge in [-0.3, -0.25) is 4.90 Å². The quantitative estimate of drug-likeness (QED) is 0.467. The van der Waals surface area contributed by atoms with Gasteiger partial charge >= 0.3 is 0 Å². The lowest BCUT2D eigenvalue weighted by Crippen LogP contribution is -2.47. The number of thiol groups is 1. The highest BCUT2D eigenvalue weighted by Gasteiger charge is 2.27. The summed E-state index contributed by atoms with van der Waals surface area (Å²) >= 11 is 4.05. The molecule has 2 aromatic heterocycles. The fourth-order valence-electron chi connectivity index (χ4n) is 4.01. The van der Waals surface area contributed by atoms with E-state index in [0.29, 0.717) is 6.42 Å². The largest absolute Gasteiger partial charge is 0.354 e. The van der Waals surface area contributed by atoms with E-state index in [1.807, 2.05) is 7.05 Å². The van der Waals surface area contributed by atoms with Gasteiger partial charge in [-0.15, -0.1) is 25.0 Å². The molecule has 0 amide bonds. The Bertz CT molecular complexity index is 1200. The van der Waals surface area contributed by atoms with Gasteiger partial charge in [0.25, 0.3) is 0 Å². The first kappa shape index (κ1) is 34.2. The minimum absolute atomic E-state index is 0. The van der Waals surface area contributed by atoms with Crippen molar-refractivity contribution in [3.63, 3.8) is 0 Å². The topological polar surface area (TPSA) is 125 Å². The lowest BCUT2D eigenvalue weighted by atomic mass is 9.90. The number of rotatable bonds is 6. The molecule has 1 unspecified atom stereocenters. The summed E-state index contributed by atoms with van der Waals surface area (Å²) in [6, 6.07) is 2.12. The Kier molecular flexibility index (Phi) is 11.8. The first-order valence-corrected chi connectivity index (χ1v) is 15.4. The number of sulfone groups is 1. The fraction of sp³-hybridized carbons (Fsp3) is 0.720. The van der Waals surface area contributed by atoms with Crippen LogP contribution in [-0.2, 0) is 27.7 Å². The second kappa shape index (κ2) is 13.8. The third kappa shape index (κ3) is 9.26. The molecule has 15 heteroatoms. The van der Waals surface area contributed by atoms with E-state index in [1.165, 1.54) is 11.0 Å². The zero-order valence-electron chi connectivity index (χ0n) is 24.9. The summed E-state index contributed by atoms with van der Waals surface area (Å²) in [5.74, 6) is 1.94. The Morgan fingerprint density at radius 1 is 1.02 bits per heavy atom. The monoisotopic (exact) mass is 616 g/mol. The van der Waals surface area contributed by atoms with Crippen molar-refractivity contribution in [3.05, 3.63) is 23.9 Å². The van der Waals surface area contributed by atoms with Crippen LogP contribution >= 0.6 is 25.0 Å². The molecule has 2 aliphatic rings. The summed E-state index contributed by atoms with van der Waals surface area (Å²) in [6.45, 7) is 17.2. The number of halogens is 1. The Labute approximate surface area is 250 Å². The molecule has 2 aliphatic heterocycles. The number of aliphatic imine (C=N–C) groups is 1. The smallest absolute Gasteiger partial charge is 0.245 e. The maximum atomic E-state index is 12.5. The van der Waals surface area contributed by atoms with Crippen molar-refractivity contribution in [2.75, 3.05) is 50.4 Å². The van der Waals surface area contributed by atoms with Crippen LogP contribution in [0.2, 0.25) is 0 Å². The van der Waals surface area contributed by atoms with Crippen LogP contribution in [0.4, 0.5) is 5.82 Å². The molecule has 4 rings (SSSR count). The van der Waals surface area contributed by atoms with Crippen molar-refractivity contribution in [1.82, 2.24) is 40.1 Å². The lowest BCUT2D eigenvalue weighted by molar-refractivity contribution is 0.258. The van der Waals surface area contributed by atoms with E-state index in [4.69, 9.17) is 9.97 Å². The lowest BCUT2D eigenvalue weighted by Gasteiger charge is -2.36. The van der Waals surface area contributed by atoms with Crippen LogP contribution in [-0.4, -0.2) is 100 Å². The van der Waals surface area contributed by atoms with Gasteiger partial charge in [-0.05, 0) is 13.0 Å². The molecule has 1 atom stereocenters. The summed E-state index contributed by atoms with van der Waals surface area (Å²) in [5, 5.41) is 5.69. The third-order valence-corrected chi connectivity index (χ3v) is 8.73. The molecule has 1 saturated heterocycles. The van der Waals surface area contributed by atoms with E-state index >= 15 is 0 Å². The third-order valence-electron chi connectivity index (χ3n) is 6.50. The van der Waals surface area contributed by atoms with Crippen LogP contribution in [0.3, 0.4) is 0 Å². The Balaban J connectivity index is 0.000000610. The van der Waals surface area contributed by atoms with E-state index in [2.05, 4.69) is 90.5 Å². The molecule has 12 nitrogen and oxygen atoms in total. The average molecular weight is 617 g/mol. The van der Waals surface area contributed by atoms with Gasteiger partial charge < -0.3 is 10.3 Å². The van der Waals surface area contributed by atoms with Crippen LogP contribution in [0.15, 0.2) is 22.5 Å². The molecular weight excluding hydrogens is 572 g/mol. The number of piperazine rings is 1. The van der Waals surface area contributed by atoms with Gasteiger partial charge in [0, 0.05) is 57.2 Å². The van der Waals surface area contributed by atoms with Gasteiger partial charge in [-0.1, -0.05) is 41.5 Å². The van der Waals surface area contributed by atoms with Gasteiger partial charge in [0.15, 0.2) is 5.50 Å². The zero-order valence-corrected chi connectivity index (χ0v) is 27.4. The summed E-state index contributed by atoms with van der Waals surface area (Å²) in [4.78, 5) is 22.1. The first-order valence-electron chi connectivity index (χ1n) is 13.2. The van der Waals surface area contributed by atoms with Gasteiger partial charge in [-0.25, -0.2) is 33.0 Å². The maximum Gasteiger partial charge on any atom is 0.245 e. The molecule has 0 spiro atoms. The molecule has 0 saturated carbocycles. The van der Waals surface area contributed by atoms with Gasteiger partial charge in [-0.2, -0.15) is 10.1 Å². The number of nitrogens with one attached hydrogen (secondary N) is 1. The number of hydrazine groups is 1. The molecule has 0 radical (unpaired) electrons. The van der Waals surface area contributed by atoms with Crippen LogP contribution in [0, 0.1) is 0 Å². The number of hydrogen-bond acceptors (Lipinski definition) is 12. The van der Waals surface area contributed by atoms with Crippen molar-refractivity contribution in [2.24, 2.45) is 12.0 Å². The summed E-state index contributed by atoms with van der Waals surface area (Å²) in [7, 11) is 0.0748. The molecule has 0 aliphatic carbocycles. The van der Waals surface area contributed by atoms with Crippen molar-refractivity contribution < 1.29 is 8.42 Å². The number of nitrogens with zero attached hydrogens (tertiary/aromatic N) is 9. The molecule has 4 heterocycles. The fourth-order valence-corrected chi connectivity index (χ4v) is 5.49. The number of aryl methyl sites for hydroxylation is 1. The van der Waals surface area contributed by atoms with E-state index < -0.39 is 9.84 Å². The molecule has 0 aromatic carbocycles. The van der Waals surface area contributed by atoms with Gasteiger partial charge in [0.05, 0.1) is 17.8 Å². The Morgan fingerprint density at radius 3 is 2.12 bits per heavy atom. The summed E-state index contributed by atoms with van der Waals surface area (Å²) < 4.78 is 26.2. The van der Waals surface area contributed by atoms with Crippen molar-refractivity contribution in [2.45, 2.75) is 69.4 Å². The van der Waals surface area contributed by atoms with Crippen LogP contribution in [0.1, 0.15) is 59.5 Å². The molecule has 1 fully saturated rings. The first-order chi connectivity index (χ1) is 18.1. The molecular formula is C25H45ClN10O2S2. The highest BCUT2D eigenvalue weighted by molar-refractivity contribution is 7.91. The molecule has 226 valence electrons. The maximum absolute atomic E-state index is 12.5. The molecule has 2 aromatic rings. The van der Waals surface area contributed by atoms with Crippen molar-refractivity contribution in [3.8, 4) is 0 Å². The summed E-state index contributed by atoms with van der Waals surface area (Å²) in [6.07, 6.45) is 3.47. The molecule has 1 N–H and O–H groups in total. The van der Waals surface area contributed by atoms with Crippen molar-refractivity contribution >= 4 is 47.0 Å². The number of aromatic nitrogens is 5. The minimum atomic E-state index is -3.40. The normalized spacial score (nSPS) is 18.6. The molecule has 0 bridgehead atoms. The highest BCUT2D eigenvalue weighted by atomic mass is 35.5. The molecule has 40 heavy (non-hydrogen) atoms. The van der Waals surface area contributed by atoms with Crippen LogP contribution < -0.4 is 10.3 Å². The number of hydrogen-bond donors (Lipinski definition) is 2. The zero-order chi connectivity index (χ0) is 29.0. The number of anilines is 1. The second-order valence-electron chi connectivity index (χ2n) is 12.0. The highest BCUT2D eigenvalue weighted by Crippen LogP contribution is 2.28. The van der Waals surface area contributed by atoms with Gasteiger partial charge in [0.1, 0.15) is 18.0 Å². The SMILES string of the molecule is CN1NC=NC1S.Cl.Cn1ncnc1S(=O)(=O)CCCN1CCN(c2cc(C(C)(C)C)nc(C(C)(C)C)n2)CC1. The Hall–Kier alpha value is -2.00. The van der Waals surface area contributed by atoms with Gasteiger partial charge in [0.2, 0.25) is 15.0 Å². The average Bonchev–Trinajstić information content (AvgIpc) is 3.46. The van der Waals surface area contributed by atoms with E-state index in [1.54, 1.807) is 18.4 Å². The van der Waals surface area contributed by atoms with E-state index in [9.17, 15) is 8.42 Å². The van der Waals surface area contributed by atoms with E-state index in [0.717, 1.165) is 50.1 Å². The predicted octanol–water partition coefficient (Wildman–Crippen LogP) is 2.29. The minimum Gasteiger partial charge on any atom is -0.354 e. The Morgan fingerprint density at radius 2 is 1.68 bits per heavy atom. The van der Waals surface area contributed by atoms with Crippen LogP contribution in [0.5, 0.6) is 0 Å². The second-order valence-corrected chi connectivity index (χ2v) is 14.4. The van der Waals surface area contributed by atoms with Crippen LogP contribution in [0.25, 0.3) is 0 Å². The summed E-state index contributed by atoms with van der Waals surface area (Å²) in [5.41, 5.74) is 3.73. The van der Waals surface area contributed by atoms with Crippen molar-refractivity contribution in [1.29, 1.82) is 0 Å². The standard InChI is InChI=1S/C22H37N7O2S.C3H7N3S.ClH/c1-21(2,3)17-15-18(26-19(25-17)22(4,5)6)29-12-10-28(11-13-29)9-8-14-32(30,31)20-23-16-24-27(20)7;1-6-3(7)4-2-5-6;/h15-16H,8-14H2,1-7H3;2-3,7H,1H3,(H,4,5);1H.